The number of fused-ring (bicyclic) bond motifs is 2. The molecule has 0 radical (unpaired) electrons. The molecular weight excluding hydrogens is 362 g/mol. The Hall–Kier alpha value is -2.74. The topological polar surface area (TPSA) is 111 Å². The molecule has 8 nitrogen and oxygen atoms in total. The summed E-state index contributed by atoms with van der Waals surface area (Å²) in [5.41, 5.74) is -0.116. The van der Waals surface area contributed by atoms with Gasteiger partial charge in [-0.25, -0.2) is 4.98 Å². The Kier molecular flexibility index (Phi) is 4.89. The Bertz CT molecular complexity index is 991. The summed E-state index contributed by atoms with van der Waals surface area (Å²) in [4.78, 5) is 41.4. The van der Waals surface area contributed by atoms with Crippen LogP contribution in [0.2, 0.25) is 0 Å². The predicted molar refractivity (Wildman–Crippen MR) is 101 cm³/mol. The van der Waals surface area contributed by atoms with Crippen molar-refractivity contribution in [2.75, 3.05) is 13.2 Å². The van der Waals surface area contributed by atoms with Gasteiger partial charge in [0, 0.05) is 25.1 Å². The maximum absolute atomic E-state index is 12.8. The van der Waals surface area contributed by atoms with Crippen molar-refractivity contribution in [3.05, 3.63) is 39.9 Å². The third kappa shape index (κ3) is 3.52. The lowest BCUT2D eigenvalue weighted by atomic mass is 9.93. The van der Waals surface area contributed by atoms with Crippen molar-refractivity contribution < 1.29 is 19.4 Å². The van der Waals surface area contributed by atoms with Gasteiger partial charge in [-0.15, -0.1) is 0 Å². The first kappa shape index (κ1) is 18.6. The number of carboxylic acids is 1. The molecule has 1 saturated heterocycles. The van der Waals surface area contributed by atoms with Gasteiger partial charge < -0.3 is 15.2 Å². The highest BCUT2D eigenvalue weighted by atomic mass is 16.5. The molecule has 0 aliphatic carbocycles. The summed E-state index contributed by atoms with van der Waals surface area (Å²) in [6.45, 7) is 1.26. The molecule has 3 heterocycles. The number of carbonyl (C=O) groups excluding carboxylic acids is 1. The highest BCUT2D eigenvalue weighted by Crippen LogP contribution is 2.24. The number of nitrogens with one attached hydrogen (secondary N) is 1. The van der Waals surface area contributed by atoms with Crippen LogP contribution in [0.25, 0.3) is 10.9 Å². The average molecular weight is 385 g/mol. The van der Waals surface area contributed by atoms with Gasteiger partial charge in [-0.1, -0.05) is 6.42 Å². The number of hydrogen-bond acceptors (Lipinski definition) is 5. The number of aliphatic carboxylic acids is 1. The van der Waals surface area contributed by atoms with Gasteiger partial charge in [0.15, 0.2) is 0 Å². The van der Waals surface area contributed by atoms with Crippen molar-refractivity contribution >= 4 is 22.8 Å². The van der Waals surface area contributed by atoms with Crippen LogP contribution in [0.3, 0.4) is 0 Å². The SMILES string of the molecule is O=C(O)CC1(NC(=O)c2ccc3c(=O)n4c(nc3c2)CCCCC4)CCOC1. The molecule has 1 amide bonds. The Labute approximate surface area is 161 Å². The molecule has 1 fully saturated rings. The fourth-order valence-electron chi connectivity index (χ4n) is 4.05. The van der Waals surface area contributed by atoms with Crippen molar-refractivity contribution in [2.24, 2.45) is 0 Å². The van der Waals surface area contributed by atoms with Crippen LogP contribution in [0.4, 0.5) is 0 Å². The van der Waals surface area contributed by atoms with Gasteiger partial charge in [0.25, 0.3) is 11.5 Å². The lowest BCUT2D eigenvalue weighted by Gasteiger charge is -2.27. The fraction of sp³-hybridized carbons (Fsp3) is 0.500. The normalized spacial score (nSPS) is 21.9. The van der Waals surface area contributed by atoms with Gasteiger partial charge in [-0.3, -0.25) is 19.0 Å². The molecule has 4 rings (SSSR count). The predicted octanol–water partition coefficient (Wildman–Crippen LogP) is 1.49. The van der Waals surface area contributed by atoms with Crippen molar-refractivity contribution in [1.82, 2.24) is 14.9 Å². The van der Waals surface area contributed by atoms with E-state index >= 15 is 0 Å². The molecule has 1 atom stereocenters. The lowest BCUT2D eigenvalue weighted by Crippen LogP contribution is -2.50. The Morgan fingerprint density at radius 2 is 2.14 bits per heavy atom. The van der Waals surface area contributed by atoms with E-state index in [-0.39, 0.29) is 24.5 Å². The van der Waals surface area contributed by atoms with Crippen LogP contribution in [-0.4, -0.2) is 45.3 Å². The third-order valence-electron chi connectivity index (χ3n) is 5.55. The average Bonchev–Trinajstić information content (AvgIpc) is 2.96. The zero-order valence-corrected chi connectivity index (χ0v) is 15.6. The van der Waals surface area contributed by atoms with Gasteiger partial charge >= 0.3 is 5.97 Å². The minimum absolute atomic E-state index is 0.0691. The van der Waals surface area contributed by atoms with Gasteiger partial charge in [0.1, 0.15) is 5.82 Å². The second-order valence-electron chi connectivity index (χ2n) is 7.63. The molecule has 28 heavy (non-hydrogen) atoms. The second kappa shape index (κ2) is 7.35. The van der Waals surface area contributed by atoms with Crippen LogP contribution in [0, 0.1) is 0 Å². The molecule has 1 aromatic carbocycles. The first-order valence-corrected chi connectivity index (χ1v) is 9.63. The Morgan fingerprint density at radius 1 is 1.29 bits per heavy atom. The van der Waals surface area contributed by atoms with E-state index in [2.05, 4.69) is 10.3 Å². The number of aromatic nitrogens is 2. The molecule has 0 spiro atoms. The van der Waals surface area contributed by atoms with Crippen molar-refractivity contribution in [1.29, 1.82) is 0 Å². The molecule has 2 aliphatic heterocycles. The standard InChI is InChI=1S/C20H23N3O5/c24-17(25)11-20(7-9-28-12-20)22-18(26)13-5-6-14-15(10-13)21-16-4-2-1-3-8-23(16)19(14)27/h5-6,10H,1-4,7-9,11-12H2,(H,22,26)(H,24,25). The molecule has 1 aromatic heterocycles. The van der Waals surface area contributed by atoms with E-state index < -0.39 is 11.5 Å². The number of aryl methyl sites for hydroxylation is 1. The summed E-state index contributed by atoms with van der Waals surface area (Å²) >= 11 is 0. The second-order valence-corrected chi connectivity index (χ2v) is 7.63. The van der Waals surface area contributed by atoms with E-state index in [9.17, 15) is 19.5 Å². The quantitative estimate of drug-likeness (QED) is 0.825. The van der Waals surface area contributed by atoms with E-state index in [0.717, 1.165) is 31.5 Å². The van der Waals surface area contributed by atoms with Gasteiger partial charge in [0.2, 0.25) is 0 Å². The number of ether oxygens (including phenoxy) is 1. The molecule has 8 heteroatoms. The van der Waals surface area contributed by atoms with E-state index in [0.29, 0.717) is 36.0 Å². The minimum atomic E-state index is -0.985. The molecule has 2 aliphatic rings. The summed E-state index contributed by atoms with van der Waals surface area (Å²) in [6, 6.07) is 4.84. The van der Waals surface area contributed by atoms with Crippen LogP contribution in [0.1, 0.15) is 48.3 Å². The number of amides is 1. The number of rotatable bonds is 4. The van der Waals surface area contributed by atoms with E-state index in [1.165, 1.54) is 0 Å². The monoisotopic (exact) mass is 385 g/mol. The fourth-order valence-corrected chi connectivity index (χ4v) is 4.05. The highest BCUT2D eigenvalue weighted by molar-refractivity contribution is 5.98. The van der Waals surface area contributed by atoms with Gasteiger partial charge in [-0.2, -0.15) is 0 Å². The maximum atomic E-state index is 12.8. The number of benzene rings is 1. The van der Waals surface area contributed by atoms with Crippen molar-refractivity contribution in [3.8, 4) is 0 Å². The summed E-state index contributed by atoms with van der Waals surface area (Å²) < 4.78 is 7.07. The van der Waals surface area contributed by atoms with E-state index in [4.69, 9.17) is 4.74 Å². The number of hydrogen-bond donors (Lipinski definition) is 2. The molecule has 2 aromatic rings. The number of carbonyl (C=O) groups is 2. The highest BCUT2D eigenvalue weighted by Gasteiger charge is 2.38. The van der Waals surface area contributed by atoms with Crippen LogP contribution < -0.4 is 10.9 Å². The summed E-state index contributed by atoms with van der Waals surface area (Å²) in [5.74, 6) is -0.605. The summed E-state index contributed by atoms with van der Waals surface area (Å²) in [7, 11) is 0. The molecular formula is C20H23N3O5. The van der Waals surface area contributed by atoms with Gasteiger partial charge in [0.05, 0.1) is 29.5 Å². The largest absolute Gasteiger partial charge is 0.481 e. The molecule has 148 valence electrons. The Morgan fingerprint density at radius 3 is 2.89 bits per heavy atom. The first-order chi connectivity index (χ1) is 13.5. The summed E-state index contributed by atoms with van der Waals surface area (Å²) in [6.07, 6.45) is 4.04. The molecule has 1 unspecified atom stereocenters. The molecule has 0 saturated carbocycles. The molecule has 0 bridgehead atoms. The molecule has 2 N–H and O–H groups in total. The zero-order chi connectivity index (χ0) is 19.7. The number of carboxylic acid groups (broad SMARTS) is 1. The Balaban J connectivity index is 1.66. The van der Waals surface area contributed by atoms with Crippen LogP contribution in [0.15, 0.2) is 23.0 Å². The maximum Gasteiger partial charge on any atom is 0.305 e. The van der Waals surface area contributed by atoms with Crippen molar-refractivity contribution in [3.63, 3.8) is 0 Å². The van der Waals surface area contributed by atoms with Crippen LogP contribution in [0.5, 0.6) is 0 Å². The minimum Gasteiger partial charge on any atom is -0.481 e. The van der Waals surface area contributed by atoms with Crippen LogP contribution >= 0.6 is 0 Å². The van der Waals surface area contributed by atoms with E-state index in [1.807, 2.05) is 0 Å². The zero-order valence-electron chi connectivity index (χ0n) is 15.6. The lowest BCUT2D eigenvalue weighted by molar-refractivity contribution is -0.138. The number of nitrogens with zero attached hydrogens (tertiary/aromatic N) is 2. The van der Waals surface area contributed by atoms with Crippen LogP contribution in [-0.2, 0) is 22.5 Å². The smallest absolute Gasteiger partial charge is 0.305 e. The van der Waals surface area contributed by atoms with Gasteiger partial charge in [-0.05, 0) is 37.5 Å². The first-order valence-electron chi connectivity index (χ1n) is 9.63. The summed E-state index contributed by atoms with van der Waals surface area (Å²) in [5, 5.41) is 12.5. The third-order valence-corrected chi connectivity index (χ3v) is 5.55. The van der Waals surface area contributed by atoms with Crippen molar-refractivity contribution in [2.45, 2.75) is 50.6 Å². The van der Waals surface area contributed by atoms with E-state index in [1.54, 1.807) is 22.8 Å².